The lowest BCUT2D eigenvalue weighted by atomic mass is 9.99. The van der Waals surface area contributed by atoms with Crippen molar-refractivity contribution in [3.63, 3.8) is 0 Å². The molecule has 7 nitrogen and oxygen atoms in total. The van der Waals surface area contributed by atoms with Crippen molar-refractivity contribution in [2.75, 3.05) is 11.3 Å². The predicted octanol–water partition coefficient (Wildman–Crippen LogP) is 2.94. The zero-order chi connectivity index (χ0) is 22.1. The third kappa shape index (κ3) is 4.25. The number of hydrazine groups is 1. The van der Waals surface area contributed by atoms with E-state index < -0.39 is 33.5 Å². The number of halogens is 4. The molecule has 3 aromatic rings. The summed E-state index contributed by atoms with van der Waals surface area (Å²) in [6.07, 6.45) is -4.86. The summed E-state index contributed by atoms with van der Waals surface area (Å²) in [7, 11) is -3.69. The van der Waals surface area contributed by atoms with Crippen LogP contribution in [0.4, 0.5) is 23.4 Å². The summed E-state index contributed by atoms with van der Waals surface area (Å²) >= 11 is 0. The number of sulfone groups is 1. The molecule has 0 spiro atoms. The number of nitrogens with one attached hydrogen (secondary N) is 1. The van der Waals surface area contributed by atoms with E-state index in [1.54, 1.807) is 0 Å². The number of nitrogen functional groups attached to an aromatic ring is 1. The SMILES string of the molecule is NCS(=O)(=O)c1ccc(-c2c(NN)nc(C(F)(F)F)nc2-c2ccc(F)cc2)cc1. The summed E-state index contributed by atoms with van der Waals surface area (Å²) in [6, 6.07) is 9.89. The second-order valence-electron chi connectivity index (χ2n) is 6.07. The molecule has 12 heteroatoms. The first-order valence-electron chi connectivity index (χ1n) is 8.32. The molecule has 0 fully saturated rings. The number of aromatic nitrogens is 2. The number of nitrogens with two attached hydrogens (primary N) is 2. The molecule has 0 saturated carbocycles. The lowest BCUT2D eigenvalue weighted by Crippen LogP contribution is -2.18. The molecule has 158 valence electrons. The first-order chi connectivity index (χ1) is 14.1. The predicted molar refractivity (Wildman–Crippen MR) is 102 cm³/mol. The number of alkyl halides is 3. The van der Waals surface area contributed by atoms with Gasteiger partial charge in [0.25, 0.3) is 0 Å². The number of hydrogen-bond acceptors (Lipinski definition) is 7. The Morgan fingerprint density at radius 1 is 0.933 bits per heavy atom. The van der Waals surface area contributed by atoms with Gasteiger partial charge in [-0.15, -0.1) is 0 Å². The Morgan fingerprint density at radius 3 is 2.00 bits per heavy atom. The van der Waals surface area contributed by atoms with Crippen LogP contribution in [-0.4, -0.2) is 24.3 Å². The lowest BCUT2D eigenvalue weighted by molar-refractivity contribution is -0.144. The number of rotatable bonds is 5. The van der Waals surface area contributed by atoms with Gasteiger partial charge in [-0.25, -0.2) is 28.6 Å². The van der Waals surface area contributed by atoms with E-state index in [-0.39, 0.29) is 33.1 Å². The van der Waals surface area contributed by atoms with Crippen LogP contribution in [-0.2, 0) is 16.0 Å². The maximum Gasteiger partial charge on any atom is 0.451 e. The van der Waals surface area contributed by atoms with Crippen molar-refractivity contribution in [1.82, 2.24) is 9.97 Å². The van der Waals surface area contributed by atoms with E-state index in [4.69, 9.17) is 11.6 Å². The Morgan fingerprint density at radius 2 is 1.50 bits per heavy atom. The monoisotopic (exact) mass is 441 g/mol. The van der Waals surface area contributed by atoms with Gasteiger partial charge in [-0.1, -0.05) is 12.1 Å². The van der Waals surface area contributed by atoms with Crippen LogP contribution >= 0.6 is 0 Å². The highest BCUT2D eigenvalue weighted by Crippen LogP contribution is 2.38. The molecule has 0 aliphatic heterocycles. The largest absolute Gasteiger partial charge is 0.451 e. The minimum Gasteiger partial charge on any atom is -0.317 e. The first-order valence-corrected chi connectivity index (χ1v) is 9.97. The quantitative estimate of drug-likeness (QED) is 0.316. The number of benzene rings is 2. The standard InChI is InChI=1S/C18H15F4N5O2S/c19-12-5-1-11(2-6-12)15-14(16(27-24)26-17(25-15)18(20,21)22)10-3-7-13(8-4-10)30(28,29)9-23/h1-8H,9,23-24H2,(H,25,26,27). The van der Waals surface area contributed by atoms with Crippen LogP contribution in [0, 0.1) is 5.82 Å². The van der Waals surface area contributed by atoms with E-state index in [1.807, 2.05) is 0 Å². The van der Waals surface area contributed by atoms with Crippen LogP contribution in [0.1, 0.15) is 5.82 Å². The van der Waals surface area contributed by atoms with Gasteiger partial charge in [-0.05, 0) is 42.0 Å². The fourth-order valence-corrected chi connectivity index (χ4v) is 3.45. The summed E-state index contributed by atoms with van der Waals surface area (Å²) in [5, 5.41) is 0. The molecule has 30 heavy (non-hydrogen) atoms. The van der Waals surface area contributed by atoms with Gasteiger partial charge in [-0.3, -0.25) is 0 Å². The molecule has 0 aliphatic carbocycles. The van der Waals surface area contributed by atoms with Gasteiger partial charge in [-0.2, -0.15) is 13.2 Å². The molecule has 1 aromatic heterocycles. The molecule has 0 radical (unpaired) electrons. The Hall–Kier alpha value is -3.09. The van der Waals surface area contributed by atoms with Crippen LogP contribution in [0.3, 0.4) is 0 Å². The van der Waals surface area contributed by atoms with Gasteiger partial charge >= 0.3 is 6.18 Å². The van der Waals surface area contributed by atoms with Crippen molar-refractivity contribution in [3.05, 3.63) is 60.2 Å². The average molecular weight is 441 g/mol. The molecule has 0 unspecified atom stereocenters. The molecule has 0 bridgehead atoms. The summed E-state index contributed by atoms with van der Waals surface area (Å²) in [5.74, 6) is 2.44. The Kier molecular flexibility index (Phi) is 5.74. The van der Waals surface area contributed by atoms with Gasteiger partial charge < -0.3 is 11.2 Å². The van der Waals surface area contributed by atoms with E-state index in [2.05, 4.69) is 15.4 Å². The summed E-state index contributed by atoms with van der Waals surface area (Å²) < 4.78 is 77.0. The van der Waals surface area contributed by atoms with Gasteiger partial charge in [0, 0.05) is 5.56 Å². The molecule has 2 aromatic carbocycles. The van der Waals surface area contributed by atoms with Gasteiger partial charge in [0.1, 0.15) is 11.7 Å². The van der Waals surface area contributed by atoms with Crippen LogP contribution in [0.5, 0.6) is 0 Å². The Bertz CT molecular complexity index is 1160. The van der Waals surface area contributed by atoms with Gasteiger partial charge in [0.15, 0.2) is 15.7 Å². The molecular formula is C18H15F4N5O2S. The minimum absolute atomic E-state index is 0.0628. The summed E-state index contributed by atoms with van der Waals surface area (Å²) in [4.78, 5) is 7.01. The third-order valence-corrected chi connectivity index (χ3v) is 5.57. The second kappa shape index (κ2) is 7.97. The normalized spacial score (nSPS) is 12.1. The smallest absolute Gasteiger partial charge is 0.317 e. The van der Waals surface area contributed by atoms with Crippen molar-refractivity contribution in [2.24, 2.45) is 11.6 Å². The number of nitrogens with zero attached hydrogens (tertiary/aromatic N) is 2. The minimum atomic E-state index is -4.86. The molecule has 0 amide bonds. The molecule has 0 aliphatic rings. The Labute approximate surface area is 168 Å². The maximum atomic E-state index is 13.3. The van der Waals surface area contributed by atoms with Gasteiger partial charge in [0.2, 0.25) is 5.82 Å². The van der Waals surface area contributed by atoms with Crippen molar-refractivity contribution in [2.45, 2.75) is 11.1 Å². The zero-order valence-corrected chi connectivity index (χ0v) is 15.9. The average Bonchev–Trinajstić information content (AvgIpc) is 2.72. The van der Waals surface area contributed by atoms with Crippen LogP contribution < -0.4 is 17.0 Å². The third-order valence-electron chi connectivity index (χ3n) is 4.14. The molecule has 0 atom stereocenters. The second-order valence-corrected chi connectivity index (χ2v) is 8.11. The van der Waals surface area contributed by atoms with E-state index in [0.29, 0.717) is 0 Å². The van der Waals surface area contributed by atoms with Crippen molar-refractivity contribution < 1.29 is 26.0 Å². The molecule has 3 rings (SSSR count). The first kappa shape index (κ1) is 21.6. The van der Waals surface area contributed by atoms with Gasteiger partial charge in [0.05, 0.1) is 16.2 Å². The maximum absolute atomic E-state index is 13.3. The number of hydrogen-bond donors (Lipinski definition) is 3. The molecule has 1 heterocycles. The van der Waals surface area contributed by atoms with Crippen molar-refractivity contribution in [1.29, 1.82) is 0 Å². The van der Waals surface area contributed by atoms with Crippen molar-refractivity contribution >= 4 is 15.7 Å². The van der Waals surface area contributed by atoms with Crippen LogP contribution in [0.25, 0.3) is 22.4 Å². The van der Waals surface area contributed by atoms with E-state index >= 15 is 0 Å². The van der Waals surface area contributed by atoms with Crippen LogP contribution in [0.2, 0.25) is 0 Å². The fourth-order valence-electron chi connectivity index (χ4n) is 2.71. The highest BCUT2D eigenvalue weighted by atomic mass is 32.2. The number of anilines is 1. The fraction of sp³-hybridized carbons (Fsp3) is 0.111. The van der Waals surface area contributed by atoms with E-state index in [9.17, 15) is 26.0 Å². The van der Waals surface area contributed by atoms with Crippen molar-refractivity contribution in [3.8, 4) is 22.4 Å². The lowest BCUT2D eigenvalue weighted by Gasteiger charge is -2.17. The van der Waals surface area contributed by atoms with Crippen LogP contribution in [0.15, 0.2) is 53.4 Å². The van der Waals surface area contributed by atoms with E-state index in [1.165, 1.54) is 36.4 Å². The summed E-state index contributed by atoms with van der Waals surface area (Å²) in [5.41, 5.74) is 7.72. The molecular weight excluding hydrogens is 426 g/mol. The van der Waals surface area contributed by atoms with E-state index in [0.717, 1.165) is 12.1 Å². The topological polar surface area (TPSA) is 124 Å². The Balaban J connectivity index is 2.28. The highest BCUT2D eigenvalue weighted by Gasteiger charge is 2.36. The molecule has 5 N–H and O–H groups in total. The highest BCUT2D eigenvalue weighted by molar-refractivity contribution is 7.91. The summed E-state index contributed by atoms with van der Waals surface area (Å²) in [6.45, 7) is 0. The zero-order valence-electron chi connectivity index (χ0n) is 15.1. The molecule has 0 saturated heterocycles.